The van der Waals surface area contributed by atoms with Gasteiger partial charge in [0, 0.05) is 17.2 Å². The SMILES string of the molecule is CCS(=O)(=O)c1ccc(-c2ccc(C=C(NC(=O)c3ccccc3)C(=O)O)o2)cc1. The fraction of sp³-hybridized carbons (Fsp3) is 0.0909. The number of benzene rings is 2. The van der Waals surface area contributed by atoms with Crippen molar-refractivity contribution in [2.24, 2.45) is 0 Å². The van der Waals surface area contributed by atoms with Gasteiger partial charge in [-0.2, -0.15) is 0 Å². The average molecular weight is 425 g/mol. The third kappa shape index (κ3) is 4.84. The van der Waals surface area contributed by atoms with Gasteiger partial charge in [0.2, 0.25) is 0 Å². The highest BCUT2D eigenvalue weighted by Crippen LogP contribution is 2.25. The van der Waals surface area contributed by atoms with Crippen LogP contribution >= 0.6 is 0 Å². The maximum Gasteiger partial charge on any atom is 0.352 e. The monoisotopic (exact) mass is 425 g/mol. The Balaban J connectivity index is 1.82. The molecule has 0 atom stereocenters. The third-order valence-electron chi connectivity index (χ3n) is 4.31. The predicted octanol–water partition coefficient (Wildman–Crippen LogP) is 3.60. The van der Waals surface area contributed by atoms with Gasteiger partial charge in [0.25, 0.3) is 5.91 Å². The Morgan fingerprint density at radius 1 is 1.00 bits per heavy atom. The number of hydrogen-bond donors (Lipinski definition) is 2. The van der Waals surface area contributed by atoms with Gasteiger partial charge in [0.05, 0.1) is 10.6 Å². The van der Waals surface area contributed by atoms with Crippen LogP contribution < -0.4 is 5.32 Å². The summed E-state index contributed by atoms with van der Waals surface area (Å²) in [6.07, 6.45) is 1.21. The molecule has 1 amide bonds. The zero-order valence-corrected chi connectivity index (χ0v) is 16.8. The summed E-state index contributed by atoms with van der Waals surface area (Å²) in [5, 5.41) is 11.8. The molecule has 8 heteroatoms. The van der Waals surface area contributed by atoms with Gasteiger partial charge in [-0.15, -0.1) is 0 Å². The smallest absolute Gasteiger partial charge is 0.352 e. The summed E-state index contributed by atoms with van der Waals surface area (Å²) < 4.78 is 29.5. The van der Waals surface area contributed by atoms with Crippen molar-refractivity contribution in [1.82, 2.24) is 5.32 Å². The molecular weight excluding hydrogens is 406 g/mol. The van der Waals surface area contributed by atoms with E-state index >= 15 is 0 Å². The summed E-state index contributed by atoms with van der Waals surface area (Å²) >= 11 is 0. The highest BCUT2D eigenvalue weighted by atomic mass is 32.2. The van der Waals surface area contributed by atoms with Crippen LogP contribution in [0.1, 0.15) is 23.0 Å². The maximum absolute atomic E-state index is 12.2. The Hall–Kier alpha value is -3.65. The number of furan rings is 1. The largest absolute Gasteiger partial charge is 0.477 e. The fourth-order valence-corrected chi connectivity index (χ4v) is 3.54. The van der Waals surface area contributed by atoms with E-state index in [1.54, 1.807) is 61.5 Å². The van der Waals surface area contributed by atoms with Crippen LogP contribution in [0.3, 0.4) is 0 Å². The van der Waals surface area contributed by atoms with Crippen molar-refractivity contribution in [2.75, 3.05) is 5.75 Å². The van der Waals surface area contributed by atoms with Crippen molar-refractivity contribution in [3.63, 3.8) is 0 Å². The van der Waals surface area contributed by atoms with E-state index in [2.05, 4.69) is 5.32 Å². The minimum absolute atomic E-state index is 0.00864. The molecule has 1 heterocycles. The second kappa shape index (κ2) is 8.79. The number of nitrogens with one attached hydrogen (secondary N) is 1. The molecule has 0 unspecified atom stereocenters. The van der Waals surface area contributed by atoms with Crippen molar-refractivity contribution in [2.45, 2.75) is 11.8 Å². The lowest BCUT2D eigenvalue weighted by molar-refractivity contribution is -0.132. The maximum atomic E-state index is 12.2. The number of aliphatic carboxylic acids is 1. The first-order chi connectivity index (χ1) is 14.3. The second-order valence-corrected chi connectivity index (χ2v) is 8.59. The number of carbonyl (C=O) groups is 2. The Kier molecular flexibility index (Phi) is 6.17. The third-order valence-corrected chi connectivity index (χ3v) is 6.06. The zero-order chi connectivity index (χ0) is 21.7. The first-order valence-corrected chi connectivity index (χ1v) is 10.7. The van der Waals surface area contributed by atoms with Gasteiger partial charge in [-0.25, -0.2) is 13.2 Å². The Labute approximate surface area is 173 Å². The van der Waals surface area contributed by atoms with Crippen molar-refractivity contribution in [1.29, 1.82) is 0 Å². The van der Waals surface area contributed by atoms with Crippen LogP contribution in [0.25, 0.3) is 17.4 Å². The van der Waals surface area contributed by atoms with E-state index in [-0.39, 0.29) is 22.1 Å². The number of hydrogen-bond acceptors (Lipinski definition) is 5. The number of carboxylic acids is 1. The molecule has 7 nitrogen and oxygen atoms in total. The summed E-state index contributed by atoms with van der Waals surface area (Å²) in [6, 6.07) is 17.7. The van der Waals surface area contributed by atoms with Gasteiger partial charge in [-0.3, -0.25) is 4.79 Å². The van der Waals surface area contributed by atoms with Crippen LogP contribution in [0.5, 0.6) is 0 Å². The molecule has 2 N–H and O–H groups in total. The molecule has 0 spiro atoms. The zero-order valence-electron chi connectivity index (χ0n) is 16.0. The lowest BCUT2D eigenvalue weighted by Gasteiger charge is -2.05. The first-order valence-electron chi connectivity index (χ1n) is 9.04. The molecule has 0 saturated heterocycles. The van der Waals surface area contributed by atoms with E-state index < -0.39 is 21.7 Å². The van der Waals surface area contributed by atoms with Crippen LogP contribution in [0, 0.1) is 0 Å². The lowest BCUT2D eigenvalue weighted by atomic mass is 10.2. The molecular formula is C22H19NO6S. The summed E-state index contributed by atoms with van der Waals surface area (Å²) in [4.78, 5) is 24.0. The van der Waals surface area contributed by atoms with E-state index in [1.165, 1.54) is 18.2 Å². The highest BCUT2D eigenvalue weighted by Gasteiger charge is 2.15. The Morgan fingerprint density at radius 2 is 1.67 bits per heavy atom. The first kappa shape index (κ1) is 21.1. The van der Waals surface area contributed by atoms with Crippen LogP contribution in [-0.4, -0.2) is 31.2 Å². The molecule has 2 aromatic carbocycles. The molecule has 30 heavy (non-hydrogen) atoms. The number of amides is 1. The number of sulfone groups is 1. The summed E-state index contributed by atoms with van der Waals surface area (Å²) in [5.74, 6) is -1.20. The molecule has 0 saturated carbocycles. The minimum Gasteiger partial charge on any atom is -0.477 e. The quantitative estimate of drug-likeness (QED) is 0.559. The Morgan fingerprint density at radius 3 is 2.27 bits per heavy atom. The van der Waals surface area contributed by atoms with Gasteiger partial charge in [0.1, 0.15) is 17.2 Å². The molecule has 1 aromatic heterocycles. The molecule has 0 aliphatic carbocycles. The summed E-state index contributed by atoms with van der Waals surface area (Å²) in [6.45, 7) is 1.57. The number of carbonyl (C=O) groups excluding carboxylic acids is 1. The summed E-state index contributed by atoms with van der Waals surface area (Å²) in [5.41, 5.74) is 0.621. The molecule has 0 fully saturated rings. The van der Waals surface area contributed by atoms with Crippen LogP contribution in [0.4, 0.5) is 0 Å². The standard InChI is InChI=1S/C22H19NO6S/c1-2-30(27,28)18-11-8-15(9-12-18)20-13-10-17(29-20)14-19(22(25)26)23-21(24)16-6-4-3-5-7-16/h3-14H,2H2,1H3,(H,23,24)(H,25,26). The van der Waals surface area contributed by atoms with Crippen LogP contribution in [0.2, 0.25) is 0 Å². The van der Waals surface area contributed by atoms with Gasteiger partial charge in [0.15, 0.2) is 9.84 Å². The van der Waals surface area contributed by atoms with Gasteiger partial charge < -0.3 is 14.8 Å². The van der Waals surface area contributed by atoms with E-state index in [0.717, 1.165) is 0 Å². The average Bonchev–Trinajstić information content (AvgIpc) is 3.22. The second-order valence-electron chi connectivity index (χ2n) is 6.31. The van der Waals surface area contributed by atoms with Gasteiger partial charge in [-0.1, -0.05) is 25.1 Å². The van der Waals surface area contributed by atoms with Crippen molar-refractivity contribution < 1.29 is 27.5 Å². The minimum atomic E-state index is -3.30. The molecule has 154 valence electrons. The molecule has 0 aliphatic rings. The van der Waals surface area contributed by atoms with Gasteiger partial charge in [-0.05, 0) is 48.5 Å². The number of rotatable bonds is 7. The van der Waals surface area contributed by atoms with Crippen molar-refractivity contribution in [3.05, 3.63) is 83.8 Å². The molecule has 0 bridgehead atoms. The molecule has 3 rings (SSSR count). The lowest BCUT2D eigenvalue weighted by Crippen LogP contribution is -2.27. The van der Waals surface area contributed by atoms with Crippen LogP contribution in [0.15, 0.2) is 81.7 Å². The number of carboxylic acid groups (broad SMARTS) is 1. The van der Waals surface area contributed by atoms with E-state index in [0.29, 0.717) is 16.9 Å². The van der Waals surface area contributed by atoms with Gasteiger partial charge >= 0.3 is 5.97 Å². The summed E-state index contributed by atoms with van der Waals surface area (Å²) in [7, 11) is -3.30. The molecule has 3 aromatic rings. The Bertz CT molecular complexity index is 1190. The predicted molar refractivity (Wildman–Crippen MR) is 111 cm³/mol. The normalized spacial score (nSPS) is 11.8. The van der Waals surface area contributed by atoms with E-state index in [4.69, 9.17) is 4.42 Å². The highest BCUT2D eigenvalue weighted by molar-refractivity contribution is 7.91. The topological polar surface area (TPSA) is 114 Å². The van der Waals surface area contributed by atoms with Crippen molar-refractivity contribution >= 4 is 27.8 Å². The van der Waals surface area contributed by atoms with Crippen molar-refractivity contribution in [3.8, 4) is 11.3 Å². The van der Waals surface area contributed by atoms with Crippen LogP contribution in [-0.2, 0) is 14.6 Å². The molecule has 0 aliphatic heterocycles. The van der Waals surface area contributed by atoms with E-state index in [9.17, 15) is 23.1 Å². The molecule has 0 radical (unpaired) electrons. The fourth-order valence-electron chi connectivity index (χ4n) is 2.66. The van der Waals surface area contributed by atoms with E-state index in [1.807, 2.05) is 0 Å².